The molecule has 112 valence electrons. The summed E-state index contributed by atoms with van der Waals surface area (Å²) in [5.41, 5.74) is 1.70. The van der Waals surface area contributed by atoms with Gasteiger partial charge in [0.25, 0.3) is 0 Å². The standard InChI is InChI=1S/C17H34N2/c1-7-14(3)13-16(18-8-2)17(19(5)6)11-9-15(4)10-12-17/h15-16,18H,3,7-13H2,1-2,4-6H3. The third-order valence-corrected chi connectivity index (χ3v) is 5.12. The zero-order valence-corrected chi connectivity index (χ0v) is 13.8. The van der Waals surface area contributed by atoms with Crippen LogP contribution in [0.4, 0.5) is 0 Å². The maximum atomic E-state index is 4.24. The van der Waals surface area contributed by atoms with Crippen LogP contribution in [-0.2, 0) is 0 Å². The minimum absolute atomic E-state index is 0.320. The van der Waals surface area contributed by atoms with E-state index in [0.717, 1.165) is 25.3 Å². The molecule has 0 radical (unpaired) electrons. The van der Waals surface area contributed by atoms with Crippen molar-refractivity contribution in [3.63, 3.8) is 0 Å². The lowest BCUT2D eigenvalue weighted by atomic mass is 9.70. The third kappa shape index (κ3) is 4.06. The van der Waals surface area contributed by atoms with Crippen molar-refractivity contribution in [1.82, 2.24) is 10.2 Å². The van der Waals surface area contributed by atoms with Gasteiger partial charge in [-0.05, 0) is 65.1 Å². The first-order valence-corrected chi connectivity index (χ1v) is 8.03. The molecule has 1 unspecified atom stereocenters. The molecule has 2 nitrogen and oxygen atoms in total. The van der Waals surface area contributed by atoms with Crippen molar-refractivity contribution in [1.29, 1.82) is 0 Å². The number of likely N-dealkylation sites (N-methyl/N-ethyl adjacent to an activating group) is 2. The lowest BCUT2D eigenvalue weighted by Crippen LogP contribution is -2.60. The summed E-state index contributed by atoms with van der Waals surface area (Å²) in [5.74, 6) is 0.893. The quantitative estimate of drug-likeness (QED) is 0.705. The molecule has 1 aliphatic carbocycles. The third-order valence-electron chi connectivity index (χ3n) is 5.12. The molecule has 0 saturated heterocycles. The van der Waals surface area contributed by atoms with Crippen molar-refractivity contribution < 1.29 is 0 Å². The second-order valence-corrected chi connectivity index (χ2v) is 6.60. The van der Waals surface area contributed by atoms with Gasteiger partial charge in [0.2, 0.25) is 0 Å². The molecular formula is C17H34N2. The fraction of sp³-hybridized carbons (Fsp3) is 0.882. The normalized spacial score (nSPS) is 29.5. The van der Waals surface area contributed by atoms with Crippen molar-refractivity contribution in [2.75, 3.05) is 20.6 Å². The fourth-order valence-electron chi connectivity index (χ4n) is 3.50. The van der Waals surface area contributed by atoms with Crippen molar-refractivity contribution in [2.45, 2.75) is 70.9 Å². The van der Waals surface area contributed by atoms with Gasteiger partial charge in [-0.3, -0.25) is 0 Å². The van der Waals surface area contributed by atoms with Crippen LogP contribution in [-0.4, -0.2) is 37.1 Å². The Morgan fingerprint density at radius 3 is 2.32 bits per heavy atom. The fourth-order valence-corrected chi connectivity index (χ4v) is 3.50. The van der Waals surface area contributed by atoms with E-state index >= 15 is 0 Å². The largest absolute Gasteiger partial charge is 0.312 e. The van der Waals surface area contributed by atoms with Crippen LogP contribution in [0.3, 0.4) is 0 Å². The average molecular weight is 266 g/mol. The summed E-state index contributed by atoms with van der Waals surface area (Å²) in [7, 11) is 4.52. The Bertz CT molecular complexity index is 275. The van der Waals surface area contributed by atoms with Crippen LogP contribution in [0.2, 0.25) is 0 Å². The van der Waals surface area contributed by atoms with Gasteiger partial charge < -0.3 is 10.2 Å². The molecular weight excluding hydrogens is 232 g/mol. The van der Waals surface area contributed by atoms with Crippen molar-refractivity contribution in [3.8, 4) is 0 Å². The van der Waals surface area contributed by atoms with Crippen molar-refractivity contribution in [3.05, 3.63) is 12.2 Å². The molecule has 1 atom stereocenters. The molecule has 1 fully saturated rings. The topological polar surface area (TPSA) is 15.3 Å². The molecule has 0 aromatic rings. The summed E-state index contributed by atoms with van der Waals surface area (Å²) in [5, 5.41) is 3.75. The predicted octanol–water partition coefficient (Wildman–Crippen LogP) is 3.83. The van der Waals surface area contributed by atoms with Crippen molar-refractivity contribution in [2.24, 2.45) is 5.92 Å². The van der Waals surface area contributed by atoms with Gasteiger partial charge >= 0.3 is 0 Å². The number of hydrogen-bond donors (Lipinski definition) is 1. The number of nitrogens with one attached hydrogen (secondary N) is 1. The second-order valence-electron chi connectivity index (χ2n) is 6.60. The van der Waals surface area contributed by atoms with Gasteiger partial charge in [-0.2, -0.15) is 0 Å². The van der Waals surface area contributed by atoms with E-state index in [-0.39, 0.29) is 0 Å². The Morgan fingerprint density at radius 1 is 1.32 bits per heavy atom. The van der Waals surface area contributed by atoms with Crippen LogP contribution in [0, 0.1) is 5.92 Å². The maximum Gasteiger partial charge on any atom is 0.0359 e. The summed E-state index contributed by atoms with van der Waals surface area (Å²) in [6.07, 6.45) is 7.57. The van der Waals surface area contributed by atoms with Crippen LogP contribution in [0.5, 0.6) is 0 Å². The summed E-state index contributed by atoms with van der Waals surface area (Å²) < 4.78 is 0. The highest BCUT2D eigenvalue weighted by atomic mass is 15.2. The van der Waals surface area contributed by atoms with Crippen LogP contribution in [0.25, 0.3) is 0 Å². The summed E-state index contributed by atoms with van der Waals surface area (Å²) >= 11 is 0. The molecule has 0 aromatic heterocycles. The lowest BCUT2D eigenvalue weighted by molar-refractivity contribution is 0.0438. The molecule has 1 aliphatic rings. The van der Waals surface area contributed by atoms with Gasteiger partial charge in [-0.1, -0.05) is 32.9 Å². The Morgan fingerprint density at radius 2 is 1.89 bits per heavy atom. The summed E-state index contributed by atoms with van der Waals surface area (Å²) in [6, 6.07) is 0.549. The van der Waals surface area contributed by atoms with Crippen molar-refractivity contribution >= 4 is 0 Å². The second kappa shape index (κ2) is 7.44. The minimum atomic E-state index is 0.320. The Kier molecular flexibility index (Phi) is 6.55. The number of nitrogens with zero attached hydrogens (tertiary/aromatic N) is 1. The van der Waals surface area contributed by atoms with Gasteiger partial charge in [-0.15, -0.1) is 0 Å². The van der Waals surface area contributed by atoms with E-state index in [1.54, 1.807) is 0 Å². The van der Waals surface area contributed by atoms with Gasteiger partial charge in [0, 0.05) is 11.6 Å². The highest BCUT2D eigenvalue weighted by Gasteiger charge is 2.42. The smallest absolute Gasteiger partial charge is 0.0359 e. The van der Waals surface area contributed by atoms with Gasteiger partial charge in [0.1, 0.15) is 0 Å². The van der Waals surface area contributed by atoms with Crippen LogP contribution in [0.15, 0.2) is 12.2 Å². The molecule has 0 spiro atoms. The first-order chi connectivity index (χ1) is 8.96. The molecule has 1 rings (SSSR count). The number of rotatable bonds is 7. The Balaban J connectivity index is 2.88. The highest BCUT2D eigenvalue weighted by Crippen LogP contribution is 2.39. The van der Waals surface area contributed by atoms with Gasteiger partial charge in [0.15, 0.2) is 0 Å². The Labute approximate surface area is 120 Å². The molecule has 1 N–H and O–H groups in total. The average Bonchev–Trinajstić information content (AvgIpc) is 2.39. The van der Waals surface area contributed by atoms with E-state index in [1.807, 2.05) is 0 Å². The summed E-state index contributed by atoms with van der Waals surface area (Å²) in [4.78, 5) is 2.48. The first-order valence-electron chi connectivity index (χ1n) is 8.03. The molecule has 0 amide bonds. The van der Waals surface area contributed by atoms with E-state index in [4.69, 9.17) is 0 Å². The maximum absolute atomic E-state index is 4.24. The zero-order chi connectivity index (χ0) is 14.5. The first kappa shape index (κ1) is 16.7. The highest BCUT2D eigenvalue weighted by molar-refractivity contribution is 5.08. The molecule has 0 aliphatic heterocycles. The van der Waals surface area contributed by atoms with Crippen LogP contribution >= 0.6 is 0 Å². The number of hydrogen-bond acceptors (Lipinski definition) is 2. The van der Waals surface area contributed by atoms with Crippen LogP contribution < -0.4 is 5.32 Å². The lowest BCUT2D eigenvalue weighted by Gasteiger charge is -2.50. The van der Waals surface area contributed by atoms with E-state index < -0.39 is 0 Å². The van der Waals surface area contributed by atoms with E-state index in [0.29, 0.717) is 11.6 Å². The SMILES string of the molecule is C=C(CC)CC(NCC)C1(N(C)C)CCC(C)CC1. The molecule has 0 bridgehead atoms. The predicted molar refractivity (Wildman–Crippen MR) is 85.6 cm³/mol. The zero-order valence-electron chi connectivity index (χ0n) is 13.8. The minimum Gasteiger partial charge on any atom is -0.312 e. The van der Waals surface area contributed by atoms with E-state index in [2.05, 4.69) is 51.7 Å². The van der Waals surface area contributed by atoms with E-state index in [9.17, 15) is 0 Å². The van der Waals surface area contributed by atoms with Crippen LogP contribution in [0.1, 0.15) is 59.3 Å². The summed E-state index contributed by atoms with van der Waals surface area (Å²) in [6.45, 7) is 12.1. The molecule has 2 heteroatoms. The van der Waals surface area contributed by atoms with E-state index in [1.165, 1.54) is 31.3 Å². The monoisotopic (exact) mass is 266 g/mol. The molecule has 19 heavy (non-hydrogen) atoms. The Hall–Kier alpha value is -0.340. The van der Waals surface area contributed by atoms with Gasteiger partial charge in [-0.25, -0.2) is 0 Å². The molecule has 0 aromatic carbocycles. The molecule has 0 heterocycles. The van der Waals surface area contributed by atoms with Gasteiger partial charge in [0.05, 0.1) is 0 Å². The molecule has 1 saturated carbocycles.